The summed E-state index contributed by atoms with van der Waals surface area (Å²) in [6.07, 6.45) is 4.12. The van der Waals surface area contributed by atoms with Crippen molar-refractivity contribution in [3.05, 3.63) is 47.7 Å². The van der Waals surface area contributed by atoms with Crippen molar-refractivity contribution in [3.8, 4) is 23.3 Å². The van der Waals surface area contributed by atoms with Crippen LogP contribution in [0.2, 0.25) is 0 Å². The summed E-state index contributed by atoms with van der Waals surface area (Å²) in [5.41, 5.74) is 12.4. The summed E-state index contributed by atoms with van der Waals surface area (Å²) in [5, 5.41) is 3.32. The van der Waals surface area contributed by atoms with E-state index in [9.17, 15) is 9.59 Å². The van der Waals surface area contributed by atoms with Crippen LogP contribution in [0.3, 0.4) is 0 Å². The van der Waals surface area contributed by atoms with Crippen LogP contribution in [0.4, 0.5) is 11.8 Å². The van der Waals surface area contributed by atoms with Gasteiger partial charge in [-0.3, -0.25) is 9.59 Å². The van der Waals surface area contributed by atoms with Crippen molar-refractivity contribution < 1.29 is 19.1 Å². The minimum atomic E-state index is -0.761. The van der Waals surface area contributed by atoms with Gasteiger partial charge in [-0.1, -0.05) is 12.5 Å². The molecule has 10 heteroatoms. The molecular formula is C25H28N6O4. The summed E-state index contributed by atoms with van der Waals surface area (Å²) in [4.78, 5) is 34.3. The molecule has 1 unspecified atom stereocenters. The third-order valence-electron chi connectivity index (χ3n) is 6.43. The lowest BCUT2D eigenvalue weighted by molar-refractivity contribution is -0.137. The van der Waals surface area contributed by atoms with Gasteiger partial charge in [0.15, 0.2) is 0 Å². The minimum absolute atomic E-state index is 0.0293. The Kier molecular flexibility index (Phi) is 6.51. The van der Waals surface area contributed by atoms with E-state index in [1.807, 2.05) is 0 Å². The molecule has 2 heterocycles. The van der Waals surface area contributed by atoms with Gasteiger partial charge in [0, 0.05) is 36.2 Å². The minimum Gasteiger partial charge on any atom is -0.497 e. The quantitative estimate of drug-likeness (QED) is 0.421. The molecule has 1 saturated carbocycles. The maximum atomic E-state index is 12.0. The van der Waals surface area contributed by atoms with Crippen molar-refractivity contribution in [3.63, 3.8) is 0 Å². The van der Waals surface area contributed by atoms with Crippen LogP contribution in [0, 0.1) is 17.3 Å². The van der Waals surface area contributed by atoms with Gasteiger partial charge < -0.3 is 31.2 Å². The summed E-state index contributed by atoms with van der Waals surface area (Å²) >= 11 is 0. The first-order chi connectivity index (χ1) is 16.8. The Labute approximate surface area is 203 Å². The molecule has 1 aliphatic carbocycles. The van der Waals surface area contributed by atoms with E-state index in [1.54, 1.807) is 37.3 Å². The second-order valence-corrected chi connectivity index (χ2v) is 8.85. The molecule has 2 aromatic rings. The zero-order valence-corrected chi connectivity index (χ0v) is 19.8. The largest absolute Gasteiger partial charge is 0.497 e. The zero-order valence-electron chi connectivity index (χ0n) is 19.8. The van der Waals surface area contributed by atoms with Crippen molar-refractivity contribution >= 4 is 23.6 Å². The highest BCUT2D eigenvalue weighted by molar-refractivity contribution is 5.99. The van der Waals surface area contributed by atoms with Crippen molar-refractivity contribution in [1.82, 2.24) is 14.9 Å². The number of benzene rings is 1. The Hall–Kier alpha value is -4.26. The fraction of sp³-hybridized carbons (Fsp3) is 0.360. The third kappa shape index (κ3) is 4.99. The fourth-order valence-electron chi connectivity index (χ4n) is 4.74. The van der Waals surface area contributed by atoms with E-state index in [4.69, 9.17) is 20.9 Å². The molecule has 182 valence electrons. The normalized spacial score (nSPS) is 17.7. The van der Waals surface area contributed by atoms with Crippen molar-refractivity contribution in [1.29, 1.82) is 0 Å². The highest BCUT2D eigenvalue weighted by atomic mass is 16.5. The molecule has 2 amide bonds. The molecule has 10 nitrogen and oxygen atoms in total. The number of methoxy groups -OCH3 is 2. The number of primary amides is 1. The highest BCUT2D eigenvalue weighted by Gasteiger charge is 2.49. The number of anilines is 2. The number of rotatable bonds is 6. The lowest BCUT2D eigenvalue weighted by Gasteiger charge is -2.48. The lowest BCUT2D eigenvalue weighted by Crippen LogP contribution is -2.57. The van der Waals surface area contributed by atoms with Gasteiger partial charge >= 0.3 is 0 Å². The molecule has 2 aliphatic rings. The number of ether oxygens (including phenoxy) is 2. The van der Waals surface area contributed by atoms with Crippen LogP contribution in [-0.4, -0.2) is 60.0 Å². The molecule has 2 fully saturated rings. The number of amides is 2. The maximum Gasteiger partial charge on any atom is 0.255 e. The van der Waals surface area contributed by atoms with E-state index in [2.05, 4.69) is 33.7 Å². The maximum absolute atomic E-state index is 12.0. The van der Waals surface area contributed by atoms with Gasteiger partial charge in [-0.25, -0.2) is 4.98 Å². The smallest absolute Gasteiger partial charge is 0.255 e. The summed E-state index contributed by atoms with van der Waals surface area (Å²) in [5.74, 6) is 6.46. The number of nitrogen functional groups attached to an aromatic ring is 1. The Balaban J connectivity index is 1.56. The van der Waals surface area contributed by atoms with E-state index in [0.29, 0.717) is 17.1 Å². The number of aromatic nitrogens is 2. The second-order valence-electron chi connectivity index (χ2n) is 8.85. The molecule has 0 radical (unpaired) electrons. The first-order valence-corrected chi connectivity index (χ1v) is 11.2. The molecule has 0 bridgehead atoms. The van der Waals surface area contributed by atoms with Crippen LogP contribution in [0.25, 0.3) is 0 Å². The topological polar surface area (TPSA) is 146 Å². The second kappa shape index (κ2) is 9.54. The van der Waals surface area contributed by atoms with Crippen molar-refractivity contribution in [2.24, 2.45) is 11.1 Å². The number of nitrogens with one attached hydrogen (secondary N) is 1. The third-order valence-corrected chi connectivity index (χ3v) is 6.43. The van der Waals surface area contributed by atoms with Crippen molar-refractivity contribution in [2.45, 2.75) is 25.3 Å². The Morgan fingerprint density at radius 3 is 2.49 bits per heavy atom. The molecule has 1 spiro atoms. The number of nitrogens with two attached hydrogens (primary N) is 2. The fourth-order valence-corrected chi connectivity index (χ4v) is 4.74. The molecule has 1 aromatic heterocycles. The van der Waals surface area contributed by atoms with Crippen LogP contribution in [-0.2, 0) is 4.79 Å². The predicted molar refractivity (Wildman–Crippen MR) is 131 cm³/mol. The Morgan fingerprint density at radius 1 is 1.20 bits per heavy atom. The van der Waals surface area contributed by atoms with Crippen molar-refractivity contribution in [2.75, 3.05) is 38.4 Å². The summed E-state index contributed by atoms with van der Waals surface area (Å²) < 4.78 is 10.6. The van der Waals surface area contributed by atoms with Crippen LogP contribution in [0.1, 0.15) is 40.9 Å². The molecule has 35 heavy (non-hydrogen) atoms. The molecule has 1 aliphatic heterocycles. The molecular weight excluding hydrogens is 448 g/mol. The standard InChI is InChI=1S/C25H28N6O4/c1-4-20(32)31-13-25(14-31)8-7-16(12-25)28-24-29-19(21(23(27)33)22(26)30-24)6-5-15-9-17(34-2)11-18(10-15)35-3/h4,9-11,16H,1,7-8,12-14H2,2-3H3,(H2,27,33)(H3,26,28,29,30). The Bertz CT molecular complexity index is 1220. The van der Waals surface area contributed by atoms with E-state index in [1.165, 1.54) is 6.08 Å². The van der Waals surface area contributed by atoms with Gasteiger partial charge in [0.25, 0.3) is 5.91 Å². The van der Waals surface area contributed by atoms with Gasteiger partial charge in [-0.2, -0.15) is 4.98 Å². The number of carbonyl (C=O) groups is 2. The van der Waals surface area contributed by atoms with Crippen LogP contribution in [0.15, 0.2) is 30.9 Å². The van der Waals surface area contributed by atoms with Crippen LogP contribution >= 0.6 is 0 Å². The van der Waals surface area contributed by atoms with Crippen LogP contribution in [0.5, 0.6) is 11.5 Å². The SMILES string of the molecule is C=CC(=O)N1CC2(CCC(Nc3nc(N)c(C(N)=O)c(C#Cc4cc(OC)cc(OC)c4)n3)C2)C1. The summed E-state index contributed by atoms with van der Waals surface area (Å²) in [7, 11) is 3.09. The van der Waals surface area contributed by atoms with E-state index in [0.717, 1.165) is 32.4 Å². The number of likely N-dealkylation sites (tertiary alicyclic amines) is 1. The number of nitrogens with zero attached hydrogens (tertiary/aromatic N) is 3. The van der Waals surface area contributed by atoms with E-state index < -0.39 is 5.91 Å². The van der Waals surface area contributed by atoms with Gasteiger partial charge in [-0.15, -0.1) is 0 Å². The average Bonchev–Trinajstić information content (AvgIpc) is 3.24. The molecule has 1 atom stereocenters. The molecule has 1 saturated heterocycles. The first kappa shape index (κ1) is 23.9. The number of carbonyl (C=O) groups excluding carboxylic acids is 2. The van der Waals surface area contributed by atoms with Gasteiger partial charge in [0.2, 0.25) is 11.9 Å². The van der Waals surface area contributed by atoms with Gasteiger partial charge in [0.05, 0.1) is 14.2 Å². The van der Waals surface area contributed by atoms with E-state index >= 15 is 0 Å². The molecule has 5 N–H and O–H groups in total. The van der Waals surface area contributed by atoms with Gasteiger partial charge in [0.1, 0.15) is 28.6 Å². The predicted octanol–water partition coefficient (Wildman–Crippen LogP) is 1.55. The number of hydrogen-bond acceptors (Lipinski definition) is 8. The molecule has 1 aromatic carbocycles. The monoisotopic (exact) mass is 476 g/mol. The summed E-state index contributed by atoms with van der Waals surface area (Å²) in [6, 6.07) is 5.31. The Morgan fingerprint density at radius 2 is 1.89 bits per heavy atom. The highest BCUT2D eigenvalue weighted by Crippen LogP contribution is 2.46. The molecule has 4 rings (SSSR count). The zero-order chi connectivity index (χ0) is 25.2. The van der Waals surface area contributed by atoms with Crippen LogP contribution < -0.4 is 26.3 Å². The van der Waals surface area contributed by atoms with E-state index in [-0.39, 0.29) is 40.4 Å². The summed E-state index contributed by atoms with van der Waals surface area (Å²) in [6.45, 7) is 4.99. The number of hydrogen-bond donors (Lipinski definition) is 3. The lowest BCUT2D eigenvalue weighted by atomic mass is 9.78. The first-order valence-electron chi connectivity index (χ1n) is 11.2. The van der Waals surface area contributed by atoms with Gasteiger partial charge in [-0.05, 0) is 43.4 Å². The average molecular weight is 477 g/mol.